The first-order valence-corrected chi connectivity index (χ1v) is 12.8. The van der Waals surface area contributed by atoms with E-state index in [1.807, 2.05) is 26.0 Å². The van der Waals surface area contributed by atoms with E-state index in [0.717, 1.165) is 48.8 Å². The van der Waals surface area contributed by atoms with Crippen LogP contribution in [0.25, 0.3) is 0 Å². The highest BCUT2D eigenvalue weighted by Gasteiger charge is 2.32. The van der Waals surface area contributed by atoms with Crippen molar-refractivity contribution in [3.8, 4) is 0 Å². The summed E-state index contributed by atoms with van der Waals surface area (Å²) in [5.74, 6) is 0.770. The van der Waals surface area contributed by atoms with Crippen LogP contribution in [0.5, 0.6) is 0 Å². The lowest BCUT2D eigenvalue weighted by Crippen LogP contribution is -2.29. The standard InChI is InChI=1S/C23H32O3.2C3H8/c1-5-8-18(20(6-2)21(25)11-16(4)24)12-17-13-19-10-7-9-15(3)23(19)22(26)14-17;2*1-3-2/h7,9-10,17-18,20H,5-6,8,11-14H2,1-4H3;2*3H2,1-2H3. The molecule has 0 heterocycles. The lowest BCUT2D eigenvalue weighted by atomic mass is 9.72. The lowest BCUT2D eigenvalue weighted by molar-refractivity contribution is -0.129. The lowest BCUT2D eigenvalue weighted by Gasteiger charge is -2.31. The fraction of sp³-hybridized carbons (Fsp3) is 0.690. The molecule has 1 aromatic rings. The van der Waals surface area contributed by atoms with Crippen molar-refractivity contribution in [2.75, 3.05) is 0 Å². The highest BCUT2D eigenvalue weighted by atomic mass is 16.1. The summed E-state index contributed by atoms with van der Waals surface area (Å²) in [6.07, 6.45) is 7.71. The number of fused-ring (bicyclic) bond motifs is 1. The molecule has 3 heteroatoms. The van der Waals surface area contributed by atoms with E-state index in [1.165, 1.54) is 19.8 Å². The first kappa shape index (κ1) is 30.2. The van der Waals surface area contributed by atoms with E-state index in [0.29, 0.717) is 12.3 Å². The van der Waals surface area contributed by atoms with Crippen LogP contribution < -0.4 is 0 Å². The number of ketones is 3. The zero-order valence-electron chi connectivity index (χ0n) is 22.1. The molecular formula is C29H48O3. The molecule has 3 unspecified atom stereocenters. The van der Waals surface area contributed by atoms with Crippen LogP contribution in [0.15, 0.2) is 18.2 Å². The number of aryl methyl sites for hydroxylation is 1. The van der Waals surface area contributed by atoms with E-state index in [-0.39, 0.29) is 35.6 Å². The second-order valence-corrected chi connectivity index (χ2v) is 9.37. The number of carbonyl (C=O) groups excluding carboxylic acids is 3. The molecule has 0 fully saturated rings. The van der Waals surface area contributed by atoms with E-state index in [1.54, 1.807) is 0 Å². The fourth-order valence-corrected chi connectivity index (χ4v) is 4.69. The van der Waals surface area contributed by atoms with Gasteiger partial charge in [0, 0.05) is 17.9 Å². The summed E-state index contributed by atoms with van der Waals surface area (Å²) in [5, 5.41) is 0. The van der Waals surface area contributed by atoms with Gasteiger partial charge in [0.1, 0.15) is 11.6 Å². The molecule has 2 rings (SSSR count). The quantitative estimate of drug-likeness (QED) is 0.363. The SMILES string of the molecule is CCC.CCC.CCCC(CC1CC(=O)c2c(C)cccc2C1)C(CC)C(=O)CC(C)=O. The maximum absolute atomic E-state index is 12.7. The number of hydrogen-bond donors (Lipinski definition) is 0. The van der Waals surface area contributed by atoms with Crippen molar-refractivity contribution >= 4 is 17.3 Å². The van der Waals surface area contributed by atoms with Crippen molar-refractivity contribution in [3.05, 3.63) is 34.9 Å². The predicted octanol–water partition coefficient (Wildman–Crippen LogP) is 7.95. The average Bonchev–Trinajstić information content (AvgIpc) is 2.69. The molecule has 1 aliphatic rings. The van der Waals surface area contributed by atoms with Gasteiger partial charge >= 0.3 is 0 Å². The molecule has 3 atom stereocenters. The van der Waals surface area contributed by atoms with E-state index in [9.17, 15) is 14.4 Å². The summed E-state index contributed by atoms with van der Waals surface area (Å²) >= 11 is 0. The number of benzene rings is 1. The summed E-state index contributed by atoms with van der Waals surface area (Å²) < 4.78 is 0. The van der Waals surface area contributed by atoms with E-state index in [2.05, 4.69) is 40.7 Å². The largest absolute Gasteiger partial charge is 0.300 e. The third-order valence-corrected chi connectivity index (χ3v) is 5.76. The molecule has 0 saturated carbocycles. The van der Waals surface area contributed by atoms with Gasteiger partial charge < -0.3 is 0 Å². The zero-order valence-corrected chi connectivity index (χ0v) is 22.1. The summed E-state index contributed by atoms with van der Waals surface area (Å²) in [6.45, 7) is 16.2. The molecule has 0 spiro atoms. The molecule has 0 saturated heterocycles. The Hall–Kier alpha value is -1.77. The Bertz CT molecular complexity index is 702. The van der Waals surface area contributed by atoms with Crippen molar-refractivity contribution in [1.82, 2.24) is 0 Å². The Morgan fingerprint density at radius 3 is 2.09 bits per heavy atom. The van der Waals surface area contributed by atoms with Crippen LogP contribution in [0.4, 0.5) is 0 Å². The maximum atomic E-state index is 12.7. The van der Waals surface area contributed by atoms with E-state index < -0.39 is 0 Å². The normalized spacial score (nSPS) is 16.5. The van der Waals surface area contributed by atoms with Crippen molar-refractivity contribution in [2.24, 2.45) is 17.8 Å². The Kier molecular flexibility index (Phi) is 15.9. The first-order valence-electron chi connectivity index (χ1n) is 12.8. The van der Waals surface area contributed by atoms with Gasteiger partial charge in [0.05, 0.1) is 6.42 Å². The van der Waals surface area contributed by atoms with Gasteiger partial charge in [-0.15, -0.1) is 0 Å². The van der Waals surface area contributed by atoms with Crippen LogP contribution in [-0.2, 0) is 16.0 Å². The molecule has 0 aliphatic heterocycles. The Balaban J connectivity index is 0.00000144. The monoisotopic (exact) mass is 444 g/mol. The summed E-state index contributed by atoms with van der Waals surface area (Å²) in [6, 6.07) is 6.10. The van der Waals surface area contributed by atoms with Gasteiger partial charge in [-0.2, -0.15) is 0 Å². The van der Waals surface area contributed by atoms with Gasteiger partial charge in [0.2, 0.25) is 0 Å². The predicted molar refractivity (Wildman–Crippen MR) is 136 cm³/mol. The van der Waals surface area contributed by atoms with Crippen molar-refractivity contribution in [1.29, 1.82) is 0 Å². The molecule has 0 bridgehead atoms. The minimum atomic E-state index is -0.0622. The van der Waals surface area contributed by atoms with Gasteiger partial charge in [-0.1, -0.05) is 85.4 Å². The molecule has 0 amide bonds. The van der Waals surface area contributed by atoms with Crippen molar-refractivity contribution in [3.63, 3.8) is 0 Å². The molecule has 1 aliphatic carbocycles. The molecular weight excluding hydrogens is 396 g/mol. The molecule has 0 aromatic heterocycles. The third kappa shape index (κ3) is 10.2. The molecule has 1 aromatic carbocycles. The number of Topliss-reactive ketones (excluding diaryl/α,β-unsaturated/α-hetero) is 3. The number of carbonyl (C=O) groups is 3. The summed E-state index contributed by atoms with van der Waals surface area (Å²) in [5.41, 5.74) is 3.14. The minimum absolute atomic E-state index is 0.0460. The van der Waals surface area contributed by atoms with Gasteiger partial charge in [-0.25, -0.2) is 0 Å². The van der Waals surface area contributed by atoms with Crippen LogP contribution in [0.3, 0.4) is 0 Å². The Morgan fingerprint density at radius 2 is 1.59 bits per heavy atom. The average molecular weight is 445 g/mol. The highest BCUT2D eigenvalue weighted by molar-refractivity contribution is 6.00. The van der Waals surface area contributed by atoms with Crippen LogP contribution >= 0.6 is 0 Å². The molecule has 3 nitrogen and oxygen atoms in total. The van der Waals surface area contributed by atoms with E-state index in [4.69, 9.17) is 0 Å². The summed E-state index contributed by atoms with van der Waals surface area (Å²) in [4.78, 5) is 36.6. The second-order valence-electron chi connectivity index (χ2n) is 9.37. The zero-order chi connectivity index (χ0) is 24.7. The molecule has 0 radical (unpaired) electrons. The number of hydrogen-bond acceptors (Lipinski definition) is 3. The van der Waals surface area contributed by atoms with Crippen LogP contribution in [-0.4, -0.2) is 17.3 Å². The van der Waals surface area contributed by atoms with Crippen LogP contribution in [0.2, 0.25) is 0 Å². The Morgan fingerprint density at radius 1 is 1.00 bits per heavy atom. The van der Waals surface area contributed by atoms with Gasteiger partial charge in [0.25, 0.3) is 0 Å². The molecule has 32 heavy (non-hydrogen) atoms. The van der Waals surface area contributed by atoms with Gasteiger partial charge in [0.15, 0.2) is 5.78 Å². The Labute approximate surface area is 197 Å². The van der Waals surface area contributed by atoms with Crippen molar-refractivity contribution < 1.29 is 14.4 Å². The van der Waals surface area contributed by atoms with Crippen molar-refractivity contribution in [2.45, 2.75) is 113 Å². The van der Waals surface area contributed by atoms with Gasteiger partial charge in [-0.05, 0) is 56.1 Å². The molecule has 182 valence electrons. The first-order chi connectivity index (χ1) is 15.2. The fourth-order valence-electron chi connectivity index (χ4n) is 4.69. The highest BCUT2D eigenvalue weighted by Crippen LogP contribution is 2.36. The topological polar surface area (TPSA) is 51.2 Å². The van der Waals surface area contributed by atoms with Crippen LogP contribution in [0.1, 0.15) is 121 Å². The third-order valence-electron chi connectivity index (χ3n) is 5.76. The maximum Gasteiger partial charge on any atom is 0.163 e. The minimum Gasteiger partial charge on any atom is -0.300 e. The van der Waals surface area contributed by atoms with E-state index >= 15 is 0 Å². The smallest absolute Gasteiger partial charge is 0.163 e. The molecule has 0 N–H and O–H groups in total. The number of rotatable bonds is 9. The van der Waals surface area contributed by atoms with Crippen LogP contribution in [0, 0.1) is 24.7 Å². The second kappa shape index (κ2) is 16.8. The van der Waals surface area contributed by atoms with Gasteiger partial charge in [-0.3, -0.25) is 14.4 Å². The summed E-state index contributed by atoms with van der Waals surface area (Å²) in [7, 11) is 0.